The summed E-state index contributed by atoms with van der Waals surface area (Å²) >= 11 is 2.86. The number of carbonyl (C=O) groups is 2. The number of carbonyl (C=O) groups excluding carboxylic acids is 2. The number of fused-ring (bicyclic) bond motifs is 1. The van der Waals surface area contributed by atoms with Crippen LogP contribution in [0.25, 0.3) is 9.40 Å². The van der Waals surface area contributed by atoms with E-state index in [0.717, 1.165) is 9.40 Å². The van der Waals surface area contributed by atoms with Gasteiger partial charge >= 0.3 is 5.97 Å². The van der Waals surface area contributed by atoms with Crippen molar-refractivity contribution in [2.24, 2.45) is 0 Å². The summed E-state index contributed by atoms with van der Waals surface area (Å²) in [5.74, 6) is -0.305. The van der Waals surface area contributed by atoms with Crippen LogP contribution in [0.2, 0.25) is 0 Å². The second-order valence-corrected chi connectivity index (χ2v) is 7.21. The molecular weight excluding hydrogens is 268 g/mol. The summed E-state index contributed by atoms with van der Waals surface area (Å²) in [6, 6.07) is 1.75. The monoisotopic (exact) mass is 282 g/mol. The number of esters is 1. The van der Waals surface area contributed by atoms with Gasteiger partial charge in [0.15, 0.2) is 5.78 Å². The van der Waals surface area contributed by atoms with Gasteiger partial charge in [-0.1, -0.05) is 0 Å². The second-order valence-electron chi connectivity index (χ2n) is 5.02. The lowest BCUT2D eigenvalue weighted by Crippen LogP contribution is -2.23. The molecule has 0 spiro atoms. The minimum Gasteiger partial charge on any atom is -0.456 e. The molecule has 0 aliphatic heterocycles. The summed E-state index contributed by atoms with van der Waals surface area (Å²) in [4.78, 5) is 23.9. The Bertz CT molecular complexity index is 614. The zero-order valence-electron chi connectivity index (χ0n) is 10.7. The number of hydrogen-bond acceptors (Lipinski definition) is 5. The van der Waals surface area contributed by atoms with Crippen LogP contribution in [0.4, 0.5) is 0 Å². The van der Waals surface area contributed by atoms with Crippen molar-refractivity contribution in [3.63, 3.8) is 0 Å². The number of Topliss-reactive ketones (excluding diaryl/α,β-unsaturated/α-hetero) is 1. The Morgan fingerprint density at radius 2 is 1.94 bits per heavy atom. The largest absolute Gasteiger partial charge is 0.456 e. The molecule has 5 heteroatoms. The van der Waals surface area contributed by atoms with Crippen LogP contribution in [0.5, 0.6) is 0 Å². The van der Waals surface area contributed by atoms with E-state index in [-0.39, 0.29) is 11.8 Å². The van der Waals surface area contributed by atoms with E-state index in [0.29, 0.717) is 10.4 Å². The molecule has 2 aromatic rings. The Labute approximate surface area is 113 Å². The fourth-order valence-electron chi connectivity index (χ4n) is 1.53. The molecule has 96 valence electrons. The molecule has 2 rings (SSSR count). The summed E-state index contributed by atoms with van der Waals surface area (Å²) in [7, 11) is 0. The van der Waals surface area contributed by atoms with Crippen molar-refractivity contribution in [3.8, 4) is 0 Å². The highest BCUT2D eigenvalue weighted by atomic mass is 32.2. The first-order chi connectivity index (χ1) is 8.28. The zero-order chi connectivity index (χ0) is 13.5. The van der Waals surface area contributed by atoms with Crippen LogP contribution >= 0.6 is 22.7 Å². The maximum atomic E-state index is 11.9. The Kier molecular flexibility index (Phi) is 3.29. The van der Waals surface area contributed by atoms with Crippen molar-refractivity contribution < 1.29 is 14.3 Å². The molecule has 0 unspecified atom stereocenters. The van der Waals surface area contributed by atoms with Crippen molar-refractivity contribution in [2.45, 2.75) is 33.3 Å². The van der Waals surface area contributed by atoms with E-state index in [9.17, 15) is 9.59 Å². The van der Waals surface area contributed by atoms with Crippen LogP contribution in [0, 0.1) is 0 Å². The van der Waals surface area contributed by atoms with Crippen LogP contribution in [0.15, 0.2) is 11.4 Å². The van der Waals surface area contributed by atoms with E-state index in [4.69, 9.17) is 4.74 Å². The molecule has 0 radical (unpaired) electrons. The lowest BCUT2D eigenvalue weighted by atomic mass is 10.2. The summed E-state index contributed by atoms with van der Waals surface area (Å²) in [5, 5.41) is 2.70. The van der Waals surface area contributed by atoms with Crippen LogP contribution in [-0.2, 0) is 4.74 Å². The summed E-state index contributed by atoms with van der Waals surface area (Å²) in [6.07, 6.45) is 0. The van der Waals surface area contributed by atoms with Gasteiger partial charge in [-0.05, 0) is 33.8 Å². The van der Waals surface area contributed by atoms with Crippen LogP contribution in [0.1, 0.15) is 47.7 Å². The molecule has 0 saturated heterocycles. The Morgan fingerprint density at radius 1 is 1.28 bits per heavy atom. The first-order valence-corrected chi connectivity index (χ1v) is 7.23. The van der Waals surface area contributed by atoms with E-state index >= 15 is 0 Å². The third kappa shape index (κ3) is 2.62. The van der Waals surface area contributed by atoms with Gasteiger partial charge in [-0.2, -0.15) is 0 Å². The quantitative estimate of drug-likeness (QED) is 0.614. The zero-order valence-corrected chi connectivity index (χ0v) is 12.3. The van der Waals surface area contributed by atoms with Gasteiger partial charge in [0.2, 0.25) is 0 Å². The molecule has 2 aromatic heterocycles. The van der Waals surface area contributed by atoms with E-state index in [1.807, 2.05) is 26.2 Å². The molecule has 2 heterocycles. The maximum Gasteiger partial charge on any atom is 0.348 e. The van der Waals surface area contributed by atoms with Gasteiger partial charge in [-0.3, -0.25) is 4.79 Å². The smallest absolute Gasteiger partial charge is 0.348 e. The minimum atomic E-state index is -0.502. The molecule has 0 N–H and O–H groups in total. The van der Waals surface area contributed by atoms with Crippen molar-refractivity contribution >= 4 is 43.8 Å². The standard InChI is InChI=1S/C13H14O3S2/c1-7(14)9-6-17-12-8(9)5-10(18-12)11(15)16-13(2,3)4/h5-6H,1-4H3. The van der Waals surface area contributed by atoms with Gasteiger partial charge < -0.3 is 4.74 Å². The molecule has 0 atom stereocenters. The SMILES string of the molecule is CC(=O)c1csc2sc(C(=O)OC(C)(C)C)cc12. The first-order valence-electron chi connectivity index (χ1n) is 5.53. The number of rotatable bonds is 2. The average Bonchev–Trinajstić information content (AvgIpc) is 2.70. The second kappa shape index (κ2) is 4.48. The highest BCUT2D eigenvalue weighted by Crippen LogP contribution is 2.34. The van der Waals surface area contributed by atoms with Crippen molar-refractivity contribution in [3.05, 3.63) is 21.9 Å². The van der Waals surface area contributed by atoms with Gasteiger partial charge in [0, 0.05) is 16.3 Å². The lowest BCUT2D eigenvalue weighted by Gasteiger charge is -2.18. The van der Waals surface area contributed by atoms with Crippen molar-refractivity contribution in [1.29, 1.82) is 0 Å². The van der Waals surface area contributed by atoms with Crippen LogP contribution in [0.3, 0.4) is 0 Å². The van der Waals surface area contributed by atoms with Gasteiger partial charge in [0.05, 0.1) is 4.01 Å². The molecule has 0 aromatic carbocycles. The van der Waals surface area contributed by atoms with Crippen molar-refractivity contribution in [2.75, 3.05) is 0 Å². The predicted octanol–water partition coefficient (Wildman–Crippen LogP) is 4.12. The molecule has 18 heavy (non-hydrogen) atoms. The molecule has 0 saturated carbocycles. The summed E-state index contributed by atoms with van der Waals surface area (Å²) < 4.78 is 6.30. The van der Waals surface area contributed by atoms with Crippen LogP contribution < -0.4 is 0 Å². The van der Waals surface area contributed by atoms with E-state index in [1.165, 1.54) is 29.6 Å². The molecule has 0 aliphatic carbocycles. The van der Waals surface area contributed by atoms with Gasteiger partial charge in [0.25, 0.3) is 0 Å². The van der Waals surface area contributed by atoms with E-state index in [1.54, 1.807) is 6.07 Å². The summed E-state index contributed by atoms with van der Waals surface area (Å²) in [5.41, 5.74) is 0.179. The lowest BCUT2D eigenvalue weighted by molar-refractivity contribution is 0.00752. The van der Waals surface area contributed by atoms with Gasteiger partial charge in [-0.25, -0.2) is 4.79 Å². The fraction of sp³-hybridized carbons (Fsp3) is 0.385. The molecule has 0 amide bonds. The molecule has 3 nitrogen and oxygen atoms in total. The van der Waals surface area contributed by atoms with Crippen molar-refractivity contribution in [1.82, 2.24) is 0 Å². The molecule has 0 bridgehead atoms. The fourth-order valence-corrected chi connectivity index (χ4v) is 3.73. The number of ketones is 1. The number of thiophene rings is 2. The summed E-state index contributed by atoms with van der Waals surface area (Å²) in [6.45, 7) is 7.04. The predicted molar refractivity (Wildman–Crippen MR) is 74.9 cm³/mol. The number of ether oxygens (including phenoxy) is 1. The third-order valence-corrected chi connectivity index (χ3v) is 4.49. The molecular formula is C13H14O3S2. The Balaban J connectivity index is 2.36. The maximum absolute atomic E-state index is 11.9. The highest BCUT2D eigenvalue weighted by molar-refractivity contribution is 7.38. The Hall–Kier alpha value is -1.20. The Morgan fingerprint density at radius 3 is 2.50 bits per heavy atom. The van der Waals surface area contributed by atoms with Crippen LogP contribution in [-0.4, -0.2) is 17.4 Å². The van der Waals surface area contributed by atoms with E-state index in [2.05, 4.69) is 0 Å². The third-order valence-electron chi connectivity index (χ3n) is 2.25. The highest BCUT2D eigenvalue weighted by Gasteiger charge is 2.21. The van der Waals surface area contributed by atoms with Gasteiger partial charge in [0.1, 0.15) is 10.5 Å². The number of hydrogen-bond donors (Lipinski definition) is 0. The normalized spacial score (nSPS) is 11.8. The minimum absolute atomic E-state index is 0.0230. The van der Waals surface area contributed by atoms with E-state index < -0.39 is 5.60 Å². The molecule has 0 fully saturated rings. The first kappa shape index (κ1) is 13.2. The topological polar surface area (TPSA) is 43.4 Å². The molecule has 0 aliphatic rings. The average molecular weight is 282 g/mol. The van der Waals surface area contributed by atoms with Gasteiger partial charge in [-0.15, -0.1) is 22.7 Å².